The number of nitrogens with one attached hydrogen (secondary N) is 2. The number of hydrogen-bond acceptors (Lipinski definition) is 3. The van der Waals surface area contributed by atoms with Gasteiger partial charge in [-0.2, -0.15) is 0 Å². The minimum atomic E-state index is -0.596. The topological polar surface area (TPSA) is 60.9 Å². The molecule has 0 bridgehead atoms. The number of aliphatic hydroxyl groups is 1. The van der Waals surface area contributed by atoms with Gasteiger partial charge in [-0.1, -0.05) is 50.2 Å². The summed E-state index contributed by atoms with van der Waals surface area (Å²) in [6, 6.07) is 16.1. The first-order valence-electron chi connectivity index (χ1n) is 8.04. The van der Waals surface area contributed by atoms with E-state index in [1.807, 2.05) is 55.5 Å². The molecule has 1 heterocycles. The van der Waals surface area contributed by atoms with E-state index in [0.29, 0.717) is 6.04 Å². The summed E-state index contributed by atoms with van der Waals surface area (Å²) in [5.74, 6) is 0.789. The van der Waals surface area contributed by atoms with Crippen molar-refractivity contribution < 1.29 is 5.11 Å². The lowest BCUT2D eigenvalue weighted by molar-refractivity contribution is 0.132. The molecule has 2 unspecified atom stereocenters. The Labute approximate surface area is 136 Å². The largest absolute Gasteiger partial charge is 0.387 e. The number of benzene rings is 2. The van der Waals surface area contributed by atoms with E-state index in [1.165, 1.54) is 0 Å². The zero-order valence-corrected chi connectivity index (χ0v) is 13.7. The second-order valence-electron chi connectivity index (χ2n) is 6.24. The Hall–Kier alpha value is -2.17. The Morgan fingerprint density at radius 2 is 1.70 bits per heavy atom. The molecule has 0 radical (unpaired) electrons. The zero-order valence-electron chi connectivity index (χ0n) is 13.7. The maximum atomic E-state index is 10.8. The molecule has 0 saturated carbocycles. The predicted molar refractivity (Wildman–Crippen MR) is 94.2 cm³/mol. The number of aliphatic hydroxyl groups excluding tert-OH is 1. The van der Waals surface area contributed by atoms with E-state index in [2.05, 4.69) is 29.1 Å². The van der Waals surface area contributed by atoms with Gasteiger partial charge in [0, 0.05) is 17.6 Å². The van der Waals surface area contributed by atoms with Crippen LogP contribution < -0.4 is 5.32 Å². The molecule has 0 aliphatic heterocycles. The van der Waals surface area contributed by atoms with Gasteiger partial charge in [0.25, 0.3) is 0 Å². The van der Waals surface area contributed by atoms with Crippen LogP contribution in [0.25, 0.3) is 22.4 Å². The summed E-state index contributed by atoms with van der Waals surface area (Å²) in [5.41, 5.74) is 3.75. The minimum Gasteiger partial charge on any atom is -0.387 e. The highest BCUT2D eigenvalue weighted by atomic mass is 16.3. The molecule has 0 aliphatic carbocycles. The number of nitrogens with zero attached hydrogens (tertiary/aromatic N) is 1. The lowest BCUT2D eigenvalue weighted by Gasteiger charge is -2.24. The summed E-state index contributed by atoms with van der Waals surface area (Å²) in [4.78, 5) is 8.00. The Kier molecular flexibility index (Phi) is 4.46. The molecule has 2 aromatic carbocycles. The number of aromatic amines is 1. The molecule has 120 valence electrons. The van der Waals surface area contributed by atoms with Crippen LogP contribution >= 0.6 is 0 Å². The molecule has 0 amide bonds. The molecular weight excluding hydrogens is 286 g/mol. The molecule has 0 spiro atoms. The van der Waals surface area contributed by atoms with Crippen molar-refractivity contribution in [1.29, 1.82) is 0 Å². The summed E-state index contributed by atoms with van der Waals surface area (Å²) in [5, 5.41) is 14.1. The third kappa shape index (κ3) is 3.28. The molecule has 3 N–H and O–H groups in total. The average Bonchev–Trinajstić information content (AvgIpc) is 2.97. The fraction of sp³-hybridized carbons (Fsp3) is 0.316. The predicted octanol–water partition coefficient (Wildman–Crippen LogP) is 3.65. The van der Waals surface area contributed by atoms with Crippen molar-refractivity contribution in [2.75, 3.05) is 0 Å². The van der Waals surface area contributed by atoms with Crippen molar-refractivity contribution in [2.24, 2.45) is 0 Å². The maximum absolute atomic E-state index is 10.8. The first kappa shape index (κ1) is 15.7. The van der Waals surface area contributed by atoms with E-state index in [4.69, 9.17) is 0 Å². The van der Waals surface area contributed by atoms with Crippen molar-refractivity contribution >= 4 is 11.0 Å². The van der Waals surface area contributed by atoms with Gasteiger partial charge in [-0.15, -0.1) is 0 Å². The van der Waals surface area contributed by atoms with E-state index in [-0.39, 0.29) is 6.04 Å². The summed E-state index contributed by atoms with van der Waals surface area (Å²) >= 11 is 0. The third-order valence-corrected chi connectivity index (χ3v) is 3.99. The highest BCUT2D eigenvalue weighted by Crippen LogP contribution is 2.29. The third-order valence-electron chi connectivity index (χ3n) is 3.99. The van der Waals surface area contributed by atoms with Gasteiger partial charge in [0.15, 0.2) is 0 Å². The van der Waals surface area contributed by atoms with Crippen molar-refractivity contribution in [1.82, 2.24) is 15.3 Å². The summed E-state index contributed by atoms with van der Waals surface area (Å²) < 4.78 is 0. The van der Waals surface area contributed by atoms with Gasteiger partial charge < -0.3 is 15.4 Å². The van der Waals surface area contributed by atoms with Crippen molar-refractivity contribution in [3.05, 3.63) is 54.1 Å². The number of rotatable bonds is 5. The van der Waals surface area contributed by atoms with Crippen LogP contribution in [0.4, 0.5) is 0 Å². The Bertz CT molecular complexity index is 761. The highest BCUT2D eigenvalue weighted by molar-refractivity contribution is 5.79. The molecule has 0 fully saturated rings. The standard InChI is InChI=1S/C19H23N3O/c1-12(2)20-13(3)18(23)14-8-4-5-9-15(14)19-21-16-10-6-7-11-17(16)22-19/h4-13,18,20,23H,1-3H3,(H,21,22). The quantitative estimate of drug-likeness (QED) is 0.674. The van der Waals surface area contributed by atoms with Crippen LogP contribution in [0.2, 0.25) is 0 Å². The van der Waals surface area contributed by atoms with Crippen molar-refractivity contribution in [2.45, 2.75) is 39.0 Å². The summed E-state index contributed by atoms with van der Waals surface area (Å²) in [7, 11) is 0. The highest BCUT2D eigenvalue weighted by Gasteiger charge is 2.21. The lowest BCUT2D eigenvalue weighted by atomic mass is 9.97. The fourth-order valence-electron chi connectivity index (χ4n) is 2.94. The minimum absolute atomic E-state index is 0.0412. The van der Waals surface area contributed by atoms with Crippen LogP contribution in [0, 0.1) is 0 Å². The van der Waals surface area contributed by atoms with Crippen LogP contribution in [0.15, 0.2) is 48.5 Å². The Morgan fingerprint density at radius 1 is 1.00 bits per heavy atom. The molecule has 2 atom stereocenters. The zero-order chi connectivity index (χ0) is 16.4. The first-order chi connectivity index (χ1) is 11.1. The molecule has 4 heteroatoms. The lowest BCUT2D eigenvalue weighted by Crippen LogP contribution is -2.37. The van der Waals surface area contributed by atoms with Crippen LogP contribution in [0.5, 0.6) is 0 Å². The van der Waals surface area contributed by atoms with Gasteiger partial charge in [-0.3, -0.25) is 0 Å². The van der Waals surface area contributed by atoms with Gasteiger partial charge in [-0.05, 0) is 24.6 Å². The number of imidazole rings is 1. The van der Waals surface area contributed by atoms with E-state index >= 15 is 0 Å². The van der Waals surface area contributed by atoms with E-state index in [9.17, 15) is 5.11 Å². The van der Waals surface area contributed by atoms with Gasteiger partial charge in [0.2, 0.25) is 0 Å². The smallest absolute Gasteiger partial charge is 0.138 e. The summed E-state index contributed by atoms with van der Waals surface area (Å²) in [6.45, 7) is 6.16. The monoisotopic (exact) mass is 309 g/mol. The van der Waals surface area contributed by atoms with Crippen LogP contribution in [0.1, 0.15) is 32.4 Å². The second-order valence-corrected chi connectivity index (χ2v) is 6.24. The van der Waals surface area contributed by atoms with Gasteiger partial charge in [-0.25, -0.2) is 4.98 Å². The van der Waals surface area contributed by atoms with Gasteiger partial charge in [0.1, 0.15) is 5.82 Å². The van der Waals surface area contributed by atoms with Crippen LogP contribution in [-0.4, -0.2) is 27.2 Å². The number of H-pyrrole nitrogens is 1. The van der Waals surface area contributed by atoms with Gasteiger partial charge in [0.05, 0.1) is 17.1 Å². The second kappa shape index (κ2) is 6.52. The molecule has 23 heavy (non-hydrogen) atoms. The molecular formula is C19H23N3O. The van der Waals surface area contributed by atoms with Crippen molar-refractivity contribution in [3.63, 3.8) is 0 Å². The summed E-state index contributed by atoms with van der Waals surface area (Å²) in [6.07, 6.45) is -0.596. The van der Waals surface area contributed by atoms with Crippen LogP contribution in [0.3, 0.4) is 0 Å². The molecule has 0 saturated heterocycles. The molecule has 3 aromatic rings. The Morgan fingerprint density at radius 3 is 2.43 bits per heavy atom. The number of fused-ring (bicyclic) bond motifs is 1. The number of para-hydroxylation sites is 2. The fourth-order valence-corrected chi connectivity index (χ4v) is 2.94. The molecule has 4 nitrogen and oxygen atoms in total. The molecule has 0 aliphatic rings. The average molecular weight is 309 g/mol. The SMILES string of the molecule is CC(C)NC(C)C(O)c1ccccc1-c1nc2ccccc2[nH]1. The Balaban J connectivity index is 2.00. The van der Waals surface area contributed by atoms with Gasteiger partial charge >= 0.3 is 0 Å². The normalized spacial score (nSPS) is 14.3. The maximum Gasteiger partial charge on any atom is 0.138 e. The van der Waals surface area contributed by atoms with E-state index < -0.39 is 6.10 Å². The number of hydrogen-bond donors (Lipinski definition) is 3. The van der Waals surface area contributed by atoms with Crippen molar-refractivity contribution in [3.8, 4) is 11.4 Å². The van der Waals surface area contributed by atoms with E-state index in [0.717, 1.165) is 28.0 Å². The van der Waals surface area contributed by atoms with Crippen LogP contribution in [-0.2, 0) is 0 Å². The number of aromatic nitrogens is 2. The van der Waals surface area contributed by atoms with E-state index in [1.54, 1.807) is 0 Å². The first-order valence-corrected chi connectivity index (χ1v) is 8.04. The molecule has 1 aromatic heterocycles. The molecule has 3 rings (SSSR count).